The summed E-state index contributed by atoms with van der Waals surface area (Å²) in [5, 5.41) is 0.652. The Morgan fingerprint density at radius 3 is 2.83 bits per heavy atom. The Bertz CT molecular complexity index is 181. The molecule has 0 aromatic carbocycles. The lowest BCUT2D eigenvalue weighted by Gasteiger charge is -2.38. The maximum absolute atomic E-state index is 5.77. The molecule has 70 valence electrons. The second-order valence-electron chi connectivity index (χ2n) is 3.09. The molecule has 0 aliphatic carbocycles. The van der Waals surface area contributed by atoms with Gasteiger partial charge in [-0.3, -0.25) is 4.99 Å². The first kappa shape index (κ1) is 9.71. The number of hydrogen-bond acceptors (Lipinski definition) is 2. The highest BCUT2D eigenvalue weighted by atomic mass is 32.2. The van der Waals surface area contributed by atoms with Crippen LogP contribution in [-0.2, 0) is 0 Å². The summed E-state index contributed by atoms with van der Waals surface area (Å²) in [5.74, 6) is 1.83. The smallest absolute Gasteiger partial charge is 0.191 e. The van der Waals surface area contributed by atoms with E-state index in [1.54, 1.807) is 7.05 Å². The molecule has 4 heteroatoms. The monoisotopic (exact) mass is 187 g/mol. The SMILES string of the molecule is CN=C(N)N1CCSC(C)C1C. The van der Waals surface area contributed by atoms with Crippen LogP contribution in [-0.4, -0.2) is 41.5 Å². The van der Waals surface area contributed by atoms with E-state index in [0.29, 0.717) is 17.3 Å². The standard InChI is InChI=1S/C8H17N3S/c1-6-7(2)12-5-4-11(6)8(9)10-3/h6-7H,4-5H2,1-3H3,(H2,9,10). The van der Waals surface area contributed by atoms with Gasteiger partial charge in [0, 0.05) is 30.6 Å². The summed E-state index contributed by atoms with van der Waals surface area (Å²) >= 11 is 2.01. The van der Waals surface area contributed by atoms with Gasteiger partial charge >= 0.3 is 0 Å². The zero-order valence-electron chi connectivity index (χ0n) is 7.95. The number of hydrogen-bond donors (Lipinski definition) is 1. The fraction of sp³-hybridized carbons (Fsp3) is 0.875. The van der Waals surface area contributed by atoms with Crippen LogP contribution in [0.1, 0.15) is 13.8 Å². The Morgan fingerprint density at radius 2 is 2.25 bits per heavy atom. The van der Waals surface area contributed by atoms with Crippen LogP contribution < -0.4 is 5.73 Å². The van der Waals surface area contributed by atoms with Crippen molar-refractivity contribution in [3.63, 3.8) is 0 Å². The molecule has 3 nitrogen and oxygen atoms in total. The Kier molecular flexibility index (Phi) is 3.26. The van der Waals surface area contributed by atoms with Gasteiger partial charge in [-0.1, -0.05) is 6.92 Å². The lowest BCUT2D eigenvalue weighted by Crippen LogP contribution is -2.50. The summed E-state index contributed by atoms with van der Waals surface area (Å²) in [6.45, 7) is 5.47. The van der Waals surface area contributed by atoms with Gasteiger partial charge < -0.3 is 10.6 Å². The van der Waals surface area contributed by atoms with E-state index in [1.807, 2.05) is 11.8 Å². The highest BCUT2D eigenvalue weighted by Gasteiger charge is 2.25. The van der Waals surface area contributed by atoms with E-state index in [4.69, 9.17) is 5.73 Å². The quantitative estimate of drug-likeness (QED) is 0.449. The number of thioether (sulfide) groups is 1. The van der Waals surface area contributed by atoms with Gasteiger partial charge in [-0.2, -0.15) is 11.8 Å². The van der Waals surface area contributed by atoms with Gasteiger partial charge in [0.25, 0.3) is 0 Å². The lowest BCUT2D eigenvalue weighted by molar-refractivity contribution is 0.330. The zero-order valence-corrected chi connectivity index (χ0v) is 8.77. The van der Waals surface area contributed by atoms with E-state index in [1.165, 1.54) is 0 Å². The maximum atomic E-state index is 5.77. The fourth-order valence-electron chi connectivity index (χ4n) is 1.38. The van der Waals surface area contributed by atoms with Crippen molar-refractivity contribution in [3.8, 4) is 0 Å². The molecule has 1 fully saturated rings. The third kappa shape index (κ3) is 1.86. The Morgan fingerprint density at radius 1 is 1.58 bits per heavy atom. The molecule has 1 aliphatic rings. The van der Waals surface area contributed by atoms with Crippen LogP contribution in [0.15, 0.2) is 4.99 Å². The first-order valence-corrected chi connectivity index (χ1v) is 5.32. The second kappa shape index (κ2) is 4.03. The third-order valence-electron chi connectivity index (χ3n) is 2.41. The molecule has 1 rings (SSSR count). The molecular formula is C8H17N3S. The van der Waals surface area contributed by atoms with E-state index >= 15 is 0 Å². The van der Waals surface area contributed by atoms with Crippen LogP contribution in [0.25, 0.3) is 0 Å². The summed E-state index contributed by atoms with van der Waals surface area (Å²) in [6.07, 6.45) is 0. The van der Waals surface area contributed by atoms with E-state index in [0.717, 1.165) is 12.3 Å². The molecule has 0 radical (unpaired) electrons. The topological polar surface area (TPSA) is 41.6 Å². The van der Waals surface area contributed by atoms with Crippen molar-refractivity contribution < 1.29 is 0 Å². The van der Waals surface area contributed by atoms with Crippen LogP contribution in [0.2, 0.25) is 0 Å². The highest BCUT2D eigenvalue weighted by molar-refractivity contribution is 8.00. The minimum atomic E-state index is 0.507. The first-order chi connectivity index (χ1) is 5.66. The van der Waals surface area contributed by atoms with Crippen LogP contribution in [0, 0.1) is 0 Å². The molecule has 1 aliphatic heterocycles. The van der Waals surface area contributed by atoms with Crippen molar-refractivity contribution in [1.82, 2.24) is 4.90 Å². The van der Waals surface area contributed by atoms with Gasteiger partial charge in [-0.15, -0.1) is 0 Å². The van der Waals surface area contributed by atoms with E-state index < -0.39 is 0 Å². The molecule has 2 N–H and O–H groups in total. The molecule has 12 heavy (non-hydrogen) atoms. The summed E-state index contributed by atoms with van der Waals surface area (Å²) in [4.78, 5) is 6.19. The second-order valence-corrected chi connectivity index (χ2v) is 4.58. The molecular weight excluding hydrogens is 170 g/mol. The zero-order chi connectivity index (χ0) is 9.14. The molecule has 0 saturated carbocycles. The summed E-state index contributed by atoms with van der Waals surface area (Å²) in [6, 6.07) is 0.507. The molecule has 2 atom stereocenters. The number of nitrogens with zero attached hydrogens (tertiary/aromatic N) is 2. The predicted octanol–water partition coefficient (Wildman–Crippen LogP) is 0.757. The Labute approximate surface area is 78.4 Å². The van der Waals surface area contributed by atoms with Gasteiger partial charge in [0.2, 0.25) is 0 Å². The lowest BCUT2D eigenvalue weighted by atomic mass is 10.2. The van der Waals surface area contributed by atoms with Crippen molar-refractivity contribution in [2.75, 3.05) is 19.3 Å². The molecule has 0 aromatic rings. The summed E-state index contributed by atoms with van der Waals surface area (Å²) in [5.41, 5.74) is 5.77. The first-order valence-electron chi connectivity index (χ1n) is 4.27. The number of rotatable bonds is 0. The van der Waals surface area contributed by atoms with Gasteiger partial charge in [0.05, 0.1) is 0 Å². The fourth-order valence-corrected chi connectivity index (χ4v) is 2.48. The summed E-state index contributed by atoms with van der Waals surface area (Å²) in [7, 11) is 1.74. The van der Waals surface area contributed by atoms with Crippen LogP contribution in [0.3, 0.4) is 0 Å². The van der Waals surface area contributed by atoms with Crippen LogP contribution >= 0.6 is 11.8 Å². The van der Waals surface area contributed by atoms with E-state index in [2.05, 4.69) is 23.7 Å². The largest absolute Gasteiger partial charge is 0.370 e. The molecule has 1 saturated heterocycles. The van der Waals surface area contributed by atoms with E-state index in [-0.39, 0.29) is 0 Å². The van der Waals surface area contributed by atoms with Crippen molar-refractivity contribution in [2.45, 2.75) is 25.1 Å². The number of aliphatic imine (C=N–C) groups is 1. The number of nitrogens with two attached hydrogens (primary N) is 1. The molecule has 0 spiro atoms. The van der Waals surface area contributed by atoms with Crippen molar-refractivity contribution in [1.29, 1.82) is 0 Å². The normalized spacial score (nSPS) is 32.2. The van der Waals surface area contributed by atoms with Gasteiger partial charge in [-0.05, 0) is 6.92 Å². The molecule has 0 aromatic heterocycles. The summed E-state index contributed by atoms with van der Waals surface area (Å²) < 4.78 is 0. The molecule has 1 heterocycles. The molecule has 0 amide bonds. The highest BCUT2D eigenvalue weighted by Crippen LogP contribution is 2.23. The minimum absolute atomic E-state index is 0.507. The van der Waals surface area contributed by atoms with E-state index in [9.17, 15) is 0 Å². The van der Waals surface area contributed by atoms with Gasteiger partial charge in [-0.25, -0.2) is 0 Å². The Balaban J connectivity index is 2.64. The number of guanidine groups is 1. The average molecular weight is 187 g/mol. The van der Waals surface area contributed by atoms with Crippen LogP contribution in [0.5, 0.6) is 0 Å². The van der Waals surface area contributed by atoms with Crippen LogP contribution in [0.4, 0.5) is 0 Å². The van der Waals surface area contributed by atoms with Crippen molar-refractivity contribution in [2.24, 2.45) is 10.7 Å². The Hall–Kier alpha value is -0.380. The average Bonchev–Trinajstić information content (AvgIpc) is 2.08. The minimum Gasteiger partial charge on any atom is -0.370 e. The molecule has 0 bridgehead atoms. The van der Waals surface area contributed by atoms with Gasteiger partial charge in [0.15, 0.2) is 5.96 Å². The third-order valence-corrected chi connectivity index (χ3v) is 3.75. The predicted molar refractivity (Wildman–Crippen MR) is 55.6 cm³/mol. The maximum Gasteiger partial charge on any atom is 0.191 e. The molecule has 2 unspecified atom stereocenters. The van der Waals surface area contributed by atoms with Gasteiger partial charge in [0.1, 0.15) is 0 Å². The van der Waals surface area contributed by atoms with Crippen molar-refractivity contribution in [3.05, 3.63) is 0 Å². The van der Waals surface area contributed by atoms with Crippen molar-refractivity contribution >= 4 is 17.7 Å².